The van der Waals surface area contributed by atoms with Gasteiger partial charge in [-0.3, -0.25) is 0 Å². The lowest BCUT2D eigenvalue weighted by Crippen LogP contribution is -2.03. The molecule has 0 fully saturated rings. The van der Waals surface area contributed by atoms with Crippen molar-refractivity contribution >= 4 is 0 Å². The third-order valence-corrected chi connectivity index (χ3v) is 1.25. The predicted octanol–water partition coefficient (Wildman–Crippen LogP) is 0.956. The minimum absolute atomic E-state index is 0.757. The molecule has 0 radical (unpaired) electrons. The van der Waals surface area contributed by atoms with Crippen molar-refractivity contribution in [2.24, 2.45) is 0 Å². The topological polar surface area (TPSA) is 38.1 Å². The van der Waals surface area contributed by atoms with Gasteiger partial charge in [0.25, 0.3) is 0 Å². The summed E-state index contributed by atoms with van der Waals surface area (Å²) in [7, 11) is 1.88. The second-order valence-electron chi connectivity index (χ2n) is 2.10. The van der Waals surface area contributed by atoms with Crippen molar-refractivity contribution in [3.63, 3.8) is 0 Å². The molecule has 0 saturated heterocycles. The average molecular weight is 140 g/mol. The van der Waals surface area contributed by atoms with E-state index in [0.29, 0.717) is 0 Å². The molecule has 0 aliphatic heterocycles. The lowest BCUT2D eigenvalue weighted by atomic mass is 10.5. The second-order valence-corrected chi connectivity index (χ2v) is 2.10. The van der Waals surface area contributed by atoms with Gasteiger partial charge in [0, 0.05) is 6.42 Å². The van der Waals surface area contributed by atoms with Crippen molar-refractivity contribution in [3.05, 3.63) is 17.8 Å². The zero-order chi connectivity index (χ0) is 7.40. The van der Waals surface area contributed by atoms with Gasteiger partial charge in [0.1, 0.15) is 5.76 Å². The molecule has 3 heteroatoms. The molecule has 1 N–H and O–H groups in total. The fourth-order valence-electron chi connectivity index (χ4n) is 0.767. The van der Waals surface area contributed by atoms with Crippen molar-refractivity contribution in [2.75, 3.05) is 7.05 Å². The summed E-state index contributed by atoms with van der Waals surface area (Å²) in [6, 6.07) is 0. The Hall–Kier alpha value is -0.830. The van der Waals surface area contributed by atoms with Gasteiger partial charge in [-0.2, -0.15) is 0 Å². The molecule has 0 aliphatic rings. The molecule has 0 unspecified atom stereocenters. The minimum Gasteiger partial charge on any atom is -0.444 e. The van der Waals surface area contributed by atoms with E-state index >= 15 is 0 Å². The third kappa shape index (κ3) is 1.57. The summed E-state index contributed by atoms with van der Waals surface area (Å²) in [6.07, 6.45) is 2.62. The Labute approximate surface area is 60.5 Å². The van der Waals surface area contributed by atoms with E-state index in [-0.39, 0.29) is 0 Å². The maximum Gasteiger partial charge on any atom is 0.194 e. The summed E-state index contributed by atoms with van der Waals surface area (Å²) < 4.78 is 5.30. The molecule has 0 saturated carbocycles. The Bertz CT molecular complexity index is 195. The summed E-state index contributed by atoms with van der Waals surface area (Å²) in [5.74, 6) is 1.71. The van der Waals surface area contributed by atoms with E-state index in [1.165, 1.54) is 0 Å². The van der Waals surface area contributed by atoms with Crippen LogP contribution >= 0.6 is 0 Å². The van der Waals surface area contributed by atoms with Gasteiger partial charge < -0.3 is 9.73 Å². The molecule has 0 atom stereocenters. The molecule has 0 amide bonds. The van der Waals surface area contributed by atoms with Crippen molar-refractivity contribution in [3.8, 4) is 0 Å². The van der Waals surface area contributed by atoms with Gasteiger partial charge in [-0.15, -0.1) is 0 Å². The number of nitrogens with zero attached hydrogens (tertiary/aromatic N) is 1. The summed E-state index contributed by atoms with van der Waals surface area (Å²) in [5.41, 5.74) is 0. The Morgan fingerprint density at radius 3 is 3.00 bits per heavy atom. The normalized spacial score (nSPS) is 10.2. The highest BCUT2D eigenvalue weighted by molar-refractivity contribution is 4.92. The molecule has 10 heavy (non-hydrogen) atoms. The molecular weight excluding hydrogens is 128 g/mol. The van der Waals surface area contributed by atoms with Gasteiger partial charge in [-0.05, 0) is 7.05 Å². The Morgan fingerprint density at radius 2 is 2.50 bits per heavy atom. The van der Waals surface area contributed by atoms with Crippen LogP contribution in [-0.2, 0) is 13.0 Å². The largest absolute Gasteiger partial charge is 0.444 e. The van der Waals surface area contributed by atoms with Crippen LogP contribution in [0, 0.1) is 0 Å². The molecular formula is C7H12N2O. The second kappa shape index (κ2) is 3.37. The molecule has 0 spiro atoms. The number of hydrogen-bond acceptors (Lipinski definition) is 3. The highest BCUT2D eigenvalue weighted by Gasteiger charge is 1.98. The van der Waals surface area contributed by atoms with E-state index in [4.69, 9.17) is 4.42 Å². The van der Waals surface area contributed by atoms with Gasteiger partial charge in [-0.1, -0.05) is 6.92 Å². The van der Waals surface area contributed by atoms with Gasteiger partial charge in [-0.25, -0.2) is 4.98 Å². The summed E-state index contributed by atoms with van der Waals surface area (Å²) in [6.45, 7) is 2.78. The predicted molar refractivity (Wildman–Crippen MR) is 38.6 cm³/mol. The Morgan fingerprint density at radius 1 is 1.70 bits per heavy atom. The smallest absolute Gasteiger partial charge is 0.194 e. The van der Waals surface area contributed by atoms with Gasteiger partial charge in [0.05, 0.1) is 12.7 Å². The van der Waals surface area contributed by atoms with E-state index in [0.717, 1.165) is 24.6 Å². The summed E-state index contributed by atoms with van der Waals surface area (Å²) in [4.78, 5) is 4.05. The van der Waals surface area contributed by atoms with E-state index in [2.05, 4.69) is 10.3 Å². The molecule has 56 valence electrons. The van der Waals surface area contributed by atoms with Crippen molar-refractivity contribution in [2.45, 2.75) is 19.9 Å². The first-order valence-electron chi connectivity index (χ1n) is 3.45. The molecule has 0 aliphatic carbocycles. The number of rotatable bonds is 3. The van der Waals surface area contributed by atoms with Crippen LogP contribution in [-0.4, -0.2) is 12.0 Å². The monoisotopic (exact) mass is 140 g/mol. The van der Waals surface area contributed by atoms with Crippen LogP contribution in [0.15, 0.2) is 10.6 Å². The SMILES string of the molecule is CCc1ncc(CNC)o1. The molecule has 0 aromatic carbocycles. The van der Waals surface area contributed by atoms with Crippen molar-refractivity contribution < 1.29 is 4.42 Å². The van der Waals surface area contributed by atoms with Crippen molar-refractivity contribution in [1.82, 2.24) is 10.3 Å². The van der Waals surface area contributed by atoms with E-state index in [9.17, 15) is 0 Å². The zero-order valence-corrected chi connectivity index (χ0v) is 6.35. The number of oxazole rings is 1. The first-order chi connectivity index (χ1) is 4.86. The van der Waals surface area contributed by atoms with Crippen LogP contribution in [0.5, 0.6) is 0 Å². The molecule has 1 heterocycles. The van der Waals surface area contributed by atoms with Crippen LogP contribution in [0.3, 0.4) is 0 Å². The van der Waals surface area contributed by atoms with Crippen LogP contribution in [0.25, 0.3) is 0 Å². The zero-order valence-electron chi connectivity index (χ0n) is 6.35. The number of aryl methyl sites for hydroxylation is 1. The highest BCUT2D eigenvalue weighted by atomic mass is 16.4. The highest BCUT2D eigenvalue weighted by Crippen LogP contribution is 2.02. The maximum absolute atomic E-state index is 5.30. The van der Waals surface area contributed by atoms with E-state index < -0.39 is 0 Å². The average Bonchev–Trinajstić information content (AvgIpc) is 2.37. The summed E-state index contributed by atoms with van der Waals surface area (Å²) in [5, 5.41) is 2.99. The minimum atomic E-state index is 0.757. The molecule has 3 nitrogen and oxygen atoms in total. The number of hydrogen-bond donors (Lipinski definition) is 1. The first-order valence-corrected chi connectivity index (χ1v) is 3.45. The Kier molecular flexibility index (Phi) is 2.45. The molecule has 1 rings (SSSR count). The van der Waals surface area contributed by atoms with Crippen molar-refractivity contribution in [1.29, 1.82) is 0 Å². The van der Waals surface area contributed by atoms with E-state index in [1.807, 2.05) is 14.0 Å². The lowest BCUT2D eigenvalue weighted by molar-refractivity contribution is 0.450. The van der Waals surface area contributed by atoms with Crippen LogP contribution in [0.4, 0.5) is 0 Å². The summed E-state index contributed by atoms with van der Waals surface area (Å²) >= 11 is 0. The van der Waals surface area contributed by atoms with Gasteiger partial charge >= 0.3 is 0 Å². The first kappa shape index (κ1) is 7.28. The quantitative estimate of drug-likeness (QED) is 0.679. The van der Waals surface area contributed by atoms with Gasteiger partial charge in [0.2, 0.25) is 0 Å². The molecule has 1 aromatic rings. The fraction of sp³-hybridized carbons (Fsp3) is 0.571. The number of aromatic nitrogens is 1. The fourth-order valence-corrected chi connectivity index (χ4v) is 0.767. The van der Waals surface area contributed by atoms with Crippen LogP contribution < -0.4 is 5.32 Å². The Balaban J connectivity index is 2.59. The van der Waals surface area contributed by atoms with Gasteiger partial charge in [0.15, 0.2) is 5.89 Å². The third-order valence-electron chi connectivity index (χ3n) is 1.25. The molecule has 1 aromatic heterocycles. The van der Waals surface area contributed by atoms with Crippen LogP contribution in [0.1, 0.15) is 18.6 Å². The number of nitrogens with one attached hydrogen (secondary N) is 1. The molecule has 0 bridgehead atoms. The standard InChI is InChI=1S/C7H12N2O/c1-3-7-9-5-6(10-7)4-8-2/h5,8H,3-4H2,1-2H3. The maximum atomic E-state index is 5.30. The van der Waals surface area contributed by atoms with Crippen LogP contribution in [0.2, 0.25) is 0 Å². The lowest BCUT2D eigenvalue weighted by Gasteiger charge is -1.90. The van der Waals surface area contributed by atoms with E-state index in [1.54, 1.807) is 6.20 Å².